The van der Waals surface area contributed by atoms with E-state index in [0.717, 1.165) is 22.4 Å². The van der Waals surface area contributed by atoms with Crippen molar-refractivity contribution in [2.24, 2.45) is 0 Å². The van der Waals surface area contributed by atoms with Crippen LogP contribution in [0.2, 0.25) is 0 Å². The smallest absolute Gasteiger partial charge is 0.317 e. The van der Waals surface area contributed by atoms with Crippen LogP contribution < -0.4 is 16.0 Å². The first-order valence-electron chi connectivity index (χ1n) is 10.5. The van der Waals surface area contributed by atoms with Crippen LogP contribution in [0.1, 0.15) is 18.5 Å². The zero-order valence-corrected chi connectivity index (χ0v) is 17.5. The molecule has 9 nitrogen and oxygen atoms in total. The van der Waals surface area contributed by atoms with Gasteiger partial charge in [-0.1, -0.05) is 0 Å². The number of hydrogen-bond donors (Lipinski definition) is 3. The lowest BCUT2D eigenvalue weighted by molar-refractivity contribution is 0.219. The summed E-state index contributed by atoms with van der Waals surface area (Å²) in [6.45, 7) is 4.45. The number of urea groups is 1. The second kappa shape index (κ2) is 8.29. The highest BCUT2D eigenvalue weighted by Crippen LogP contribution is 2.29. The number of nitrogens with zero attached hydrogens (tertiary/aromatic N) is 5. The van der Waals surface area contributed by atoms with Gasteiger partial charge in [-0.15, -0.1) is 0 Å². The third kappa shape index (κ3) is 3.86. The first-order valence-corrected chi connectivity index (χ1v) is 10.5. The second-order valence-corrected chi connectivity index (χ2v) is 7.71. The molecule has 4 heterocycles. The summed E-state index contributed by atoms with van der Waals surface area (Å²) in [5, 5.41) is 14.8. The molecule has 2 amide bonds. The number of rotatable bonds is 7. The van der Waals surface area contributed by atoms with Gasteiger partial charge in [0.2, 0.25) is 0 Å². The highest BCUT2D eigenvalue weighted by molar-refractivity contribution is 5.82. The van der Waals surface area contributed by atoms with Crippen molar-refractivity contribution in [1.82, 2.24) is 29.8 Å². The Labute approximate surface area is 183 Å². The first kappa shape index (κ1) is 20.0. The number of amides is 2. The van der Waals surface area contributed by atoms with Gasteiger partial charge in [0.1, 0.15) is 17.5 Å². The largest absolute Gasteiger partial charge is 0.368 e. The van der Waals surface area contributed by atoms with Crippen molar-refractivity contribution in [2.45, 2.75) is 13.0 Å². The number of carbonyl (C=O) groups excluding carboxylic acids is 1. The third-order valence-corrected chi connectivity index (χ3v) is 5.55. The lowest BCUT2D eigenvalue weighted by atomic mass is 10.1. The van der Waals surface area contributed by atoms with Crippen LogP contribution in [0.15, 0.2) is 48.8 Å². The number of pyridine rings is 1. The lowest BCUT2D eigenvalue weighted by Crippen LogP contribution is -2.32. The maximum atomic E-state index is 13.8. The van der Waals surface area contributed by atoms with Crippen molar-refractivity contribution < 1.29 is 9.18 Å². The van der Waals surface area contributed by atoms with Gasteiger partial charge in [0.25, 0.3) is 0 Å². The van der Waals surface area contributed by atoms with E-state index in [1.54, 1.807) is 27.9 Å². The molecule has 5 rings (SSSR count). The topological polar surface area (TPSA) is 99.5 Å². The average Bonchev–Trinajstić information content (AvgIpc) is 3.42. The van der Waals surface area contributed by atoms with E-state index in [2.05, 4.69) is 31.0 Å². The monoisotopic (exact) mass is 434 g/mol. The molecule has 3 N–H and O–H groups in total. The molecule has 1 unspecified atom stereocenters. The second-order valence-electron chi connectivity index (χ2n) is 7.71. The summed E-state index contributed by atoms with van der Waals surface area (Å²) in [6.07, 6.45) is 3.43. The Kier molecular flexibility index (Phi) is 5.18. The van der Waals surface area contributed by atoms with Crippen molar-refractivity contribution in [3.63, 3.8) is 0 Å². The van der Waals surface area contributed by atoms with E-state index < -0.39 is 0 Å². The predicted molar refractivity (Wildman–Crippen MR) is 120 cm³/mol. The Hall–Kier alpha value is -3.95. The van der Waals surface area contributed by atoms with Crippen molar-refractivity contribution in [3.05, 3.63) is 60.2 Å². The van der Waals surface area contributed by atoms with Crippen LogP contribution in [0.25, 0.3) is 16.6 Å². The first-order chi connectivity index (χ1) is 15.6. The van der Waals surface area contributed by atoms with E-state index in [1.807, 2.05) is 25.1 Å². The molecule has 1 atom stereocenters. The molecule has 0 radical (unpaired) electrons. The minimum atomic E-state index is -0.332. The summed E-state index contributed by atoms with van der Waals surface area (Å²) in [5.74, 6) is 1.11. The molecule has 1 fully saturated rings. The molecule has 1 saturated heterocycles. The average molecular weight is 434 g/mol. The van der Waals surface area contributed by atoms with Crippen molar-refractivity contribution >= 4 is 34.2 Å². The molecular formula is C22H23FN8O. The normalized spacial score (nSPS) is 14.7. The van der Waals surface area contributed by atoms with Gasteiger partial charge in [-0.2, -0.15) is 9.61 Å². The number of carbonyl (C=O) groups is 1. The Morgan fingerprint density at radius 2 is 2.12 bits per heavy atom. The predicted octanol–water partition coefficient (Wildman–Crippen LogP) is 3.03. The lowest BCUT2D eigenvalue weighted by Gasteiger charge is -2.21. The van der Waals surface area contributed by atoms with Gasteiger partial charge in [-0.05, 0) is 31.2 Å². The number of aromatic nitrogens is 4. The molecular weight excluding hydrogens is 411 g/mol. The zero-order valence-electron chi connectivity index (χ0n) is 17.5. The van der Waals surface area contributed by atoms with Crippen LogP contribution in [-0.4, -0.2) is 56.7 Å². The number of hydrogen-bond acceptors (Lipinski definition) is 6. The summed E-state index contributed by atoms with van der Waals surface area (Å²) in [6, 6.07) is 10.1. The van der Waals surface area contributed by atoms with Gasteiger partial charge in [-0.3, -0.25) is 0 Å². The molecule has 3 aromatic heterocycles. The van der Waals surface area contributed by atoms with Crippen molar-refractivity contribution in [2.75, 3.05) is 36.8 Å². The number of nitrogens with one attached hydrogen (secondary N) is 3. The minimum Gasteiger partial charge on any atom is -0.368 e. The summed E-state index contributed by atoms with van der Waals surface area (Å²) in [5.41, 5.74) is 2.24. The van der Waals surface area contributed by atoms with Crippen LogP contribution >= 0.6 is 0 Å². The molecule has 0 saturated carbocycles. The molecule has 1 aromatic carbocycles. The van der Waals surface area contributed by atoms with Gasteiger partial charge in [0, 0.05) is 55.5 Å². The van der Waals surface area contributed by atoms with E-state index in [-0.39, 0.29) is 17.9 Å². The van der Waals surface area contributed by atoms with Crippen molar-refractivity contribution in [1.29, 1.82) is 0 Å². The highest BCUT2D eigenvalue weighted by Gasteiger charge is 2.20. The number of anilines is 2. The quantitative estimate of drug-likeness (QED) is 0.414. The summed E-state index contributed by atoms with van der Waals surface area (Å²) >= 11 is 0. The van der Waals surface area contributed by atoms with Crippen LogP contribution in [0.3, 0.4) is 0 Å². The molecule has 32 heavy (non-hydrogen) atoms. The number of halogens is 1. The fourth-order valence-electron chi connectivity index (χ4n) is 3.91. The molecule has 4 aromatic rings. The van der Waals surface area contributed by atoms with Gasteiger partial charge in [0.05, 0.1) is 17.8 Å². The van der Waals surface area contributed by atoms with Crippen molar-refractivity contribution in [3.8, 4) is 0 Å². The van der Waals surface area contributed by atoms with Crippen LogP contribution in [0, 0.1) is 5.82 Å². The fraction of sp³-hybridized carbons (Fsp3) is 0.273. The summed E-state index contributed by atoms with van der Waals surface area (Å²) in [4.78, 5) is 22.5. The third-order valence-electron chi connectivity index (χ3n) is 5.55. The van der Waals surface area contributed by atoms with Crippen LogP contribution in [0.5, 0.6) is 0 Å². The van der Waals surface area contributed by atoms with Crippen LogP contribution in [0.4, 0.5) is 20.8 Å². The SMILES string of the molecule is CC(Nc1ccnc2ccnn12)c1cc2ccc(F)cc2nc1NCCN1CCNC1=O. The number of fused-ring (bicyclic) bond motifs is 2. The maximum Gasteiger partial charge on any atom is 0.317 e. The van der Waals surface area contributed by atoms with Gasteiger partial charge < -0.3 is 20.9 Å². The Balaban J connectivity index is 1.44. The summed E-state index contributed by atoms with van der Waals surface area (Å²) < 4.78 is 15.5. The van der Waals surface area contributed by atoms with Crippen LogP contribution in [-0.2, 0) is 0 Å². The molecule has 0 spiro atoms. The van der Waals surface area contributed by atoms with E-state index in [0.29, 0.717) is 37.5 Å². The Morgan fingerprint density at radius 3 is 2.97 bits per heavy atom. The summed E-state index contributed by atoms with van der Waals surface area (Å²) in [7, 11) is 0. The maximum absolute atomic E-state index is 13.8. The van der Waals surface area contributed by atoms with Gasteiger partial charge >= 0.3 is 6.03 Å². The number of benzene rings is 1. The molecule has 10 heteroatoms. The Morgan fingerprint density at radius 1 is 1.22 bits per heavy atom. The molecule has 0 aliphatic carbocycles. The van der Waals surface area contributed by atoms with E-state index in [9.17, 15) is 9.18 Å². The molecule has 1 aliphatic heterocycles. The minimum absolute atomic E-state index is 0.0588. The van der Waals surface area contributed by atoms with E-state index in [4.69, 9.17) is 0 Å². The highest BCUT2D eigenvalue weighted by atomic mass is 19.1. The van der Waals surface area contributed by atoms with E-state index >= 15 is 0 Å². The molecule has 0 bridgehead atoms. The van der Waals surface area contributed by atoms with Gasteiger partial charge in [-0.25, -0.2) is 19.2 Å². The van der Waals surface area contributed by atoms with Gasteiger partial charge in [0.15, 0.2) is 5.65 Å². The fourth-order valence-corrected chi connectivity index (χ4v) is 3.91. The van der Waals surface area contributed by atoms with E-state index in [1.165, 1.54) is 12.1 Å². The standard InChI is InChI=1S/C22H23FN8O/c1-14(28-20-4-6-24-19-5-7-27-31(19)20)17-12-15-2-3-16(23)13-18(15)29-21(17)25-8-10-30-11-9-26-22(30)32/h2-7,12-14,28H,8-11H2,1H3,(H,25,29)(H,26,32). The molecule has 164 valence electrons. The molecule has 1 aliphatic rings. The Bertz CT molecular complexity index is 1290. The zero-order chi connectivity index (χ0) is 22.1.